The number of halogens is 3. The van der Waals surface area contributed by atoms with Gasteiger partial charge in [-0.2, -0.15) is 18.4 Å². The number of nitrogens with zero attached hydrogens (tertiary/aromatic N) is 3. The molecular formula is C50H26F3N3S2. The second-order valence-electron chi connectivity index (χ2n) is 14.7. The highest BCUT2D eigenvalue weighted by molar-refractivity contribution is 7.27. The number of hydrogen-bond acceptors (Lipinski definition) is 3. The van der Waals surface area contributed by atoms with E-state index in [4.69, 9.17) is 0 Å². The van der Waals surface area contributed by atoms with E-state index in [-0.39, 0.29) is 5.69 Å². The molecule has 0 aliphatic rings. The zero-order valence-electron chi connectivity index (χ0n) is 30.3. The summed E-state index contributed by atoms with van der Waals surface area (Å²) < 4.78 is 56.4. The number of benzene rings is 8. The summed E-state index contributed by atoms with van der Waals surface area (Å²) in [6.45, 7) is 0. The molecule has 0 spiro atoms. The third-order valence-electron chi connectivity index (χ3n) is 11.6. The number of alkyl halides is 3. The second-order valence-corrected chi connectivity index (χ2v) is 16.8. The third kappa shape index (κ3) is 4.60. The summed E-state index contributed by atoms with van der Waals surface area (Å²) in [6.07, 6.45) is -4.74. The van der Waals surface area contributed by atoms with Crippen molar-refractivity contribution in [1.29, 1.82) is 5.26 Å². The minimum Gasteiger partial charge on any atom is -0.307 e. The first kappa shape index (κ1) is 33.2. The van der Waals surface area contributed by atoms with Gasteiger partial charge in [0.05, 0.1) is 60.0 Å². The molecule has 0 amide bonds. The average molecular weight is 790 g/mol. The largest absolute Gasteiger partial charge is 0.418 e. The molecule has 0 saturated heterocycles. The molecule has 274 valence electrons. The number of thiophene rings is 2. The lowest BCUT2D eigenvalue weighted by Crippen LogP contribution is -2.13. The fourth-order valence-electron chi connectivity index (χ4n) is 9.12. The van der Waals surface area contributed by atoms with Crippen LogP contribution in [0.4, 0.5) is 13.2 Å². The minimum atomic E-state index is -4.74. The van der Waals surface area contributed by atoms with Crippen molar-refractivity contribution >= 4 is 107 Å². The van der Waals surface area contributed by atoms with Crippen LogP contribution in [-0.2, 0) is 6.18 Å². The quantitative estimate of drug-likeness (QED) is 0.175. The summed E-state index contributed by atoms with van der Waals surface area (Å²) in [5, 5.41) is 18.0. The molecule has 0 fully saturated rings. The molecule has 4 heterocycles. The van der Waals surface area contributed by atoms with Gasteiger partial charge in [0.1, 0.15) is 0 Å². The molecular weight excluding hydrogens is 764 g/mol. The summed E-state index contributed by atoms with van der Waals surface area (Å²) in [4.78, 5) is 0. The van der Waals surface area contributed by atoms with Gasteiger partial charge in [-0.05, 0) is 54.1 Å². The van der Waals surface area contributed by atoms with Crippen molar-refractivity contribution in [3.63, 3.8) is 0 Å². The first-order chi connectivity index (χ1) is 28.4. The van der Waals surface area contributed by atoms with Crippen LogP contribution in [0.1, 0.15) is 11.1 Å². The van der Waals surface area contributed by atoms with Crippen molar-refractivity contribution in [2.75, 3.05) is 0 Å². The molecule has 0 atom stereocenters. The number of para-hydroxylation sites is 2. The van der Waals surface area contributed by atoms with Crippen LogP contribution in [0.5, 0.6) is 0 Å². The fourth-order valence-corrected chi connectivity index (χ4v) is 11.6. The van der Waals surface area contributed by atoms with Crippen LogP contribution in [0, 0.1) is 11.3 Å². The van der Waals surface area contributed by atoms with Crippen LogP contribution >= 0.6 is 22.7 Å². The highest BCUT2D eigenvalue weighted by Crippen LogP contribution is 2.49. The molecule has 0 aliphatic heterocycles. The molecule has 4 aromatic heterocycles. The van der Waals surface area contributed by atoms with Gasteiger partial charge in [-0.15, -0.1) is 22.7 Å². The zero-order valence-corrected chi connectivity index (χ0v) is 31.9. The third-order valence-corrected chi connectivity index (χ3v) is 13.9. The molecule has 12 aromatic rings. The van der Waals surface area contributed by atoms with E-state index in [1.807, 2.05) is 94.1 Å². The Balaban J connectivity index is 1.29. The van der Waals surface area contributed by atoms with Gasteiger partial charge in [0.15, 0.2) is 0 Å². The Morgan fingerprint density at radius 1 is 0.466 bits per heavy atom. The first-order valence-electron chi connectivity index (χ1n) is 18.8. The van der Waals surface area contributed by atoms with Gasteiger partial charge in [0.2, 0.25) is 0 Å². The maximum absolute atomic E-state index is 16.2. The SMILES string of the molecule is N#Cc1cccc(-c2cc(-n3c4ccccc4c4ccc5c6ccccc6sc5c43)c(C(F)(F)F)cc2-n2c3ccccc3c3ccc4c5ccccc5sc4c32)c1. The van der Waals surface area contributed by atoms with E-state index in [2.05, 4.69) is 48.5 Å². The average Bonchev–Trinajstić information content (AvgIpc) is 4.00. The Morgan fingerprint density at radius 2 is 0.966 bits per heavy atom. The molecule has 0 bridgehead atoms. The molecule has 8 heteroatoms. The predicted octanol–water partition coefficient (Wildman–Crippen LogP) is 15.2. The maximum Gasteiger partial charge on any atom is 0.418 e. The molecule has 0 N–H and O–H groups in total. The van der Waals surface area contributed by atoms with Gasteiger partial charge < -0.3 is 9.13 Å². The van der Waals surface area contributed by atoms with Gasteiger partial charge in [-0.1, -0.05) is 109 Å². The normalized spacial score (nSPS) is 12.4. The van der Waals surface area contributed by atoms with Gasteiger partial charge in [-0.25, -0.2) is 0 Å². The molecule has 3 nitrogen and oxygen atoms in total. The topological polar surface area (TPSA) is 33.6 Å². The molecule has 0 saturated carbocycles. The van der Waals surface area contributed by atoms with Crippen LogP contribution in [0.25, 0.3) is 106 Å². The van der Waals surface area contributed by atoms with E-state index in [1.165, 1.54) is 6.07 Å². The van der Waals surface area contributed by atoms with Crippen LogP contribution < -0.4 is 0 Å². The van der Waals surface area contributed by atoms with Crippen molar-refractivity contribution < 1.29 is 13.2 Å². The Hall–Kier alpha value is -6.92. The van der Waals surface area contributed by atoms with Crippen LogP contribution in [-0.4, -0.2) is 9.13 Å². The van der Waals surface area contributed by atoms with E-state index in [0.717, 1.165) is 78.4 Å². The Kier molecular flexibility index (Phi) is 6.90. The minimum absolute atomic E-state index is 0.0255. The number of rotatable bonds is 3. The number of aromatic nitrogens is 2. The summed E-state index contributed by atoms with van der Waals surface area (Å²) in [5.74, 6) is 0. The molecule has 0 unspecified atom stereocenters. The molecule has 12 rings (SSSR count). The molecule has 0 aliphatic carbocycles. The lowest BCUT2D eigenvalue weighted by atomic mass is 9.97. The standard InChI is InChI=1S/C50H26F3N3S2/c51-50(52,53)39-26-42(55-40-16-5-1-12-30(40)34-20-22-36-32-14-3-7-18-44(32)57-48(36)46(34)55)38(29-11-9-10-28(24-29)27-54)25-43(39)56-41-17-6-2-13-31(41)35-21-23-37-33-15-4-8-19-45(33)58-49(37)47(35)56/h1-26H. The smallest absolute Gasteiger partial charge is 0.307 e. The van der Waals surface area contributed by atoms with E-state index in [1.54, 1.807) is 46.9 Å². The summed E-state index contributed by atoms with van der Waals surface area (Å²) in [5.41, 5.74) is 4.36. The predicted molar refractivity (Wildman–Crippen MR) is 236 cm³/mol. The number of nitriles is 1. The fraction of sp³-hybridized carbons (Fsp3) is 0.0200. The van der Waals surface area contributed by atoms with Crippen LogP contribution in [0.2, 0.25) is 0 Å². The molecule has 0 radical (unpaired) electrons. The van der Waals surface area contributed by atoms with Gasteiger partial charge in [-0.3, -0.25) is 0 Å². The van der Waals surface area contributed by atoms with Crippen molar-refractivity contribution in [3.05, 3.63) is 169 Å². The summed E-state index contributed by atoms with van der Waals surface area (Å²) >= 11 is 3.25. The van der Waals surface area contributed by atoms with Crippen LogP contribution in [0.15, 0.2) is 158 Å². The second kappa shape index (κ2) is 12.0. The van der Waals surface area contributed by atoms with E-state index < -0.39 is 11.7 Å². The maximum atomic E-state index is 16.2. The molecule has 8 aromatic carbocycles. The summed E-state index contributed by atoms with van der Waals surface area (Å²) in [7, 11) is 0. The Labute approximate surface area is 336 Å². The monoisotopic (exact) mass is 789 g/mol. The van der Waals surface area contributed by atoms with E-state index >= 15 is 13.2 Å². The van der Waals surface area contributed by atoms with Gasteiger partial charge in [0, 0.05) is 58.1 Å². The Bertz CT molecular complexity index is 3760. The Morgan fingerprint density at radius 3 is 1.52 bits per heavy atom. The first-order valence-corrected chi connectivity index (χ1v) is 20.4. The van der Waals surface area contributed by atoms with Crippen molar-refractivity contribution in [3.8, 4) is 28.6 Å². The zero-order chi connectivity index (χ0) is 38.9. The van der Waals surface area contributed by atoms with Crippen LogP contribution in [0.3, 0.4) is 0 Å². The van der Waals surface area contributed by atoms with E-state index in [0.29, 0.717) is 27.9 Å². The van der Waals surface area contributed by atoms with Gasteiger partial charge in [0.25, 0.3) is 0 Å². The summed E-state index contributed by atoms with van der Waals surface area (Å²) in [6, 6.07) is 52.8. The van der Waals surface area contributed by atoms with E-state index in [9.17, 15) is 5.26 Å². The van der Waals surface area contributed by atoms with Gasteiger partial charge >= 0.3 is 6.18 Å². The van der Waals surface area contributed by atoms with Crippen molar-refractivity contribution in [2.24, 2.45) is 0 Å². The van der Waals surface area contributed by atoms with Crippen molar-refractivity contribution in [2.45, 2.75) is 6.18 Å². The van der Waals surface area contributed by atoms with Crippen molar-refractivity contribution in [1.82, 2.24) is 9.13 Å². The molecule has 58 heavy (non-hydrogen) atoms. The highest BCUT2D eigenvalue weighted by atomic mass is 32.1. The number of fused-ring (bicyclic) bond motifs is 14. The lowest BCUT2D eigenvalue weighted by Gasteiger charge is -2.22. The highest BCUT2D eigenvalue weighted by Gasteiger charge is 2.37. The number of hydrogen-bond donors (Lipinski definition) is 0. The lowest BCUT2D eigenvalue weighted by molar-refractivity contribution is -0.137.